The highest BCUT2D eigenvalue weighted by Gasteiger charge is 2.33. The summed E-state index contributed by atoms with van der Waals surface area (Å²) in [7, 11) is 0. The van der Waals surface area contributed by atoms with Crippen molar-refractivity contribution in [1.82, 2.24) is 9.88 Å². The lowest BCUT2D eigenvalue weighted by Gasteiger charge is -2.32. The molecular weight excluding hydrogens is 456 g/mol. The predicted octanol–water partition coefficient (Wildman–Crippen LogP) is 3.93. The first-order valence-corrected chi connectivity index (χ1v) is 11.9. The molecule has 9 heteroatoms. The fraction of sp³-hybridized carbons (Fsp3) is 0.250. The van der Waals surface area contributed by atoms with Gasteiger partial charge in [0.1, 0.15) is 15.9 Å². The molecule has 1 aromatic carbocycles. The number of primary amides is 1. The first-order chi connectivity index (χ1) is 16.0. The number of thiocarbonyl (C=S) groups is 1. The van der Waals surface area contributed by atoms with Crippen LogP contribution in [0.1, 0.15) is 24.2 Å². The molecule has 0 bridgehead atoms. The summed E-state index contributed by atoms with van der Waals surface area (Å²) in [5, 5.41) is 0.991. The molecule has 2 aromatic heterocycles. The van der Waals surface area contributed by atoms with E-state index >= 15 is 0 Å². The van der Waals surface area contributed by atoms with Crippen molar-refractivity contribution >= 4 is 62.9 Å². The molecule has 0 spiro atoms. The summed E-state index contributed by atoms with van der Waals surface area (Å²) in [4.78, 5) is 33.9. The molecular formula is C24H22N4O3S2. The van der Waals surface area contributed by atoms with Crippen LogP contribution in [-0.2, 0) is 16.1 Å². The maximum atomic E-state index is 13.1. The fourth-order valence-corrected chi connectivity index (χ4v) is 5.44. The molecule has 4 heterocycles. The van der Waals surface area contributed by atoms with Crippen LogP contribution in [0.4, 0.5) is 5.82 Å². The standard InChI is InChI=1S/C24H22N4O3S2/c25-21(29)15-7-9-27(10-8-15)22-17(12-16-4-1-2-6-19(16)26-22)13-20-23(30)28(24(32)33-20)14-18-5-3-11-31-18/h1-6,11-13,15H,7-10,14H2,(H2,25,29)/b20-13-. The van der Waals surface area contributed by atoms with Gasteiger partial charge in [-0.25, -0.2) is 4.98 Å². The van der Waals surface area contributed by atoms with Crippen LogP contribution in [0.25, 0.3) is 17.0 Å². The van der Waals surface area contributed by atoms with Crippen LogP contribution < -0.4 is 10.6 Å². The number of hydrogen-bond acceptors (Lipinski definition) is 7. The average Bonchev–Trinajstić information content (AvgIpc) is 3.43. The third-order valence-corrected chi connectivity index (χ3v) is 7.36. The van der Waals surface area contributed by atoms with E-state index in [1.54, 1.807) is 17.2 Å². The van der Waals surface area contributed by atoms with Gasteiger partial charge in [0, 0.05) is 30.0 Å². The van der Waals surface area contributed by atoms with Crippen LogP contribution >= 0.6 is 24.0 Å². The van der Waals surface area contributed by atoms with Crippen molar-refractivity contribution in [2.45, 2.75) is 19.4 Å². The molecule has 3 aromatic rings. The van der Waals surface area contributed by atoms with Gasteiger partial charge >= 0.3 is 0 Å². The number of carbonyl (C=O) groups is 2. The number of aromatic nitrogens is 1. The lowest BCUT2D eigenvalue weighted by molar-refractivity contribution is -0.123. The molecule has 0 aliphatic carbocycles. The van der Waals surface area contributed by atoms with Crippen LogP contribution in [0.2, 0.25) is 0 Å². The van der Waals surface area contributed by atoms with E-state index in [-0.39, 0.29) is 17.7 Å². The van der Waals surface area contributed by atoms with Crippen molar-refractivity contribution < 1.29 is 14.0 Å². The van der Waals surface area contributed by atoms with Gasteiger partial charge in [-0.15, -0.1) is 0 Å². The van der Waals surface area contributed by atoms with Gasteiger partial charge in [-0.1, -0.05) is 42.2 Å². The number of piperidine rings is 1. The molecule has 2 aliphatic rings. The Labute approximate surface area is 200 Å². The molecule has 0 radical (unpaired) electrons. The van der Waals surface area contributed by atoms with E-state index in [0.29, 0.717) is 47.5 Å². The fourth-order valence-electron chi connectivity index (χ4n) is 4.19. The zero-order valence-corrected chi connectivity index (χ0v) is 19.4. The van der Waals surface area contributed by atoms with Gasteiger partial charge in [-0.05, 0) is 43.2 Å². The van der Waals surface area contributed by atoms with Crippen molar-refractivity contribution in [1.29, 1.82) is 0 Å². The largest absolute Gasteiger partial charge is 0.467 e. The van der Waals surface area contributed by atoms with Crippen LogP contribution in [0, 0.1) is 5.92 Å². The van der Waals surface area contributed by atoms with E-state index in [9.17, 15) is 9.59 Å². The number of benzene rings is 1. The van der Waals surface area contributed by atoms with E-state index in [0.717, 1.165) is 22.3 Å². The maximum Gasteiger partial charge on any atom is 0.266 e. The Balaban J connectivity index is 1.49. The second kappa shape index (κ2) is 8.99. The van der Waals surface area contributed by atoms with E-state index < -0.39 is 0 Å². The molecule has 0 saturated carbocycles. The lowest BCUT2D eigenvalue weighted by Crippen LogP contribution is -2.39. The first-order valence-electron chi connectivity index (χ1n) is 10.7. The highest BCUT2D eigenvalue weighted by Crippen LogP contribution is 2.36. The van der Waals surface area contributed by atoms with Gasteiger partial charge in [0.15, 0.2) is 0 Å². The van der Waals surface area contributed by atoms with E-state index in [1.807, 2.05) is 36.4 Å². The average molecular weight is 479 g/mol. The molecule has 2 N–H and O–H groups in total. The number of furan rings is 1. The molecule has 7 nitrogen and oxygen atoms in total. The number of nitrogens with two attached hydrogens (primary N) is 1. The Hall–Kier alpha value is -3.17. The topological polar surface area (TPSA) is 92.7 Å². The number of fused-ring (bicyclic) bond motifs is 1. The number of amides is 2. The number of rotatable bonds is 5. The van der Waals surface area contributed by atoms with Crippen molar-refractivity contribution in [3.05, 3.63) is 65.0 Å². The summed E-state index contributed by atoms with van der Waals surface area (Å²) in [6.07, 6.45) is 4.83. The molecule has 2 saturated heterocycles. The predicted molar refractivity (Wildman–Crippen MR) is 133 cm³/mol. The number of para-hydroxylation sites is 1. The zero-order valence-electron chi connectivity index (χ0n) is 17.8. The SMILES string of the molecule is NC(=O)C1CCN(c2nc3ccccc3cc2/C=C2\SC(=S)N(Cc3ccco3)C2=O)CC1. The second-order valence-corrected chi connectivity index (χ2v) is 9.78. The molecule has 2 aliphatic heterocycles. The van der Waals surface area contributed by atoms with E-state index in [4.69, 9.17) is 27.4 Å². The number of thioether (sulfide) groups is 1. The number of hydrogen-bond donors (Lipinski definition) is 1. The van der Waals surface area contributed by atoms with Gasteiger partial charge in [0.05, 0.1) is 23.2 Å². The Morgan fingerprint density at radius 1 is 1.24 bits per heavy atom. The van der Waals surface area contributed by atoms with Gasteiger partial charge in [-0.3, -0.25) is 14.5 Å². The van der Waals surface area contributed by atoms with Crippen molar-refractivity contribution in [3.8, 4) is 0 Å². The van der Waals surface area contributed by atoms with Gasteiger partial charge in [-0.2, -0.15) is 0 Å². The molecule has 33 heavy (non-hydrogen) atoms. The Kier molecular flexibility index (Phi) is 5.90. The summed E-state index contributed by atoms with van der Waals surface area (Å²) in [6, 6.07) is 13.6. The van der Waals surface area contributed by atoms with E-state index in [2.05, 4.69) is 11.0 Å². The molecule has 0 atom stereocenters. The number of nitrogens with zero attached hydrogens (tertiary/aromatic N) is 3. The van der Waals surface area contributed by atoms with Crippen LogP contribution in [0.5, 0.6) is 0 Å². The monoisotopic (exact) mass is 478 g/mol. The maximum absolute atomic E-state index is 13.1. The molecule has 5 rings (SSSR count). The third-order valence-electron chi connectivity index (χ3n) is 5.98. The van der Waals surface area contributed by atoms with Gasteiger partial charge < -0.3 is 15.1 Å². The number of carbonyl (C=O) groups excluding carboxylic acids is 2. The minimum atomic E-state index is -0.249. The highest BCUT2D eigenvalue weighted by atomic mass is 32.2. The minimum absolute atomic E-state index is 0.108. The Bertz CT molecular complexity index is 1260. The smallest absolute Gasteiger partial charge is 0.266 e. The summed E-state index contributed by atoms with van der Waals surface area (Å²) < 4.78 is 5.89. The van der Waals surface area contributed by atoms with Crippen molar-refractivity contribution in [2.75, 3.05) is 18.0 Å². The van der Waals surface area contributed by atoms with Crippen LogP contribution in [0.15, 0.2) is 58.1 Å². The highest BCUT2D eigenvalue weighted by molar-refractivity contribution is 8.26. The molecule has 2 amide bonds. The molecule has 0 unspecified atom stereocenters. The Morgan fingerprint density at radius 2 is 2.03 bits per heavy atom. The summed E-state index contributed by atoms with van der Waals surface area (Å²) >= 11 is 6.76. The van der Waals surface area contributed by atoms with Crippen molar-refractivity contribution in [2.24, 2.45) is 11.7 Å². The second-order valence-electron chi connectivity index (χ2n) is 8.10. The van der Waals surface area contributed by atoms with Gasteiger partial charge in [0.2, 0.25) is 5.91 Å². The van der Waals surface area contributed by atoms with Crippen LogP contribution in [0.3, 0.4) is 0 Å². The zero-order chi connectivity index (χ0) is 22.9. The number of anilines is 1. The number of pyridine rings is 1. The van der Waals surface area contributed by atoms with E-state index in [1.165, 1.54) is 11.8 Å². The minimum Gasteiger partial charge on any atom is -0.467 e. The van der Waals surface area contributed by atoms with Crippen LogP contribution in [-0.4, -0.2) is 39.1 Å². The normalized spacial score (nSPS) is 18.6. The summed E-state index contributed by atoms with van der Waals surface area (Å²) in [6.45, 7) is 1.66. The quantitative estimate of drug-likeness (QED) is 0.439. The van der Waals surface area contributed by atoms with Crippen molar-refractivity contribution in [3.63, 3.8) is 0 Å². The Morgan fingerprint density at radius 3 is 2.76 bits per heavy atom. The third kappa shape index (κ3) is 4.38. The molecule has 168 valence electrons. The summed E-state index contributed by atoms with van der Waals surface area (Å²) in [5.41, 5.74) is 7.24. The molecule has 2 fully saturated rings. The first kappa shape index (κ1) is 21.7. The van der Waals surface area contributed by atoms with Gasteiger partial charge in [0.25, 0.3) is 5.91 Å². The lowest BCUT2D eigenvalue weighted by atomic mass is 9.96. The summed E-state index contributed by atoms with van der Waals surface area (Å²) in [5.74, 6) is 0.975.